The number of aryl methyl sites for hydroxylation is 2. The van der Waals surface area contributed by atoms with Gasteiger partial charge >= 0.3 is 0 Å². The second-order valence-electron chi connectivity index (χ2n) is 10.5. The van der Waals surface area contributed by atoms with Gasteiger partial charge in [0.1, 0.15) is 11.6 Å². The number of aromatic nitrogens is 5. The Morgan fingerprint density at radius 2 is 1.76 bits per heavy atom. The van der Waals surface area contributed by atoms with Crippen LogP contribution in [0.2, 0.25) is 5.02 Å². The normalized spacial score (nSPS) is 14.4. The Bertz CT molecular complexity index is 1910. The number of hydrogen-bond acceptors (Lipinski definition) is 6. The van der Waals surface area contributed by atoms with Crippen LogP contribution in [-0.2, 0) is 21.9 Å². The highest BCUT2D eigenvalue weighted by Crippen LogP contribution is 2.54. The molecule has 8 nitrogen and oxygen atoms in total. The van der Waals surface area contributed by atoms with Crippen molar-refractivity contribution >= 4 is 21.4 Å². The van der Waals surface area contributed by atoms with Crippen LogP contribution in [0.5, 0.6) is 0 Å². The highest BCUT2D eigenvalue weighted by molar-refractivity contribution is 7.90. The van der Waals surface area contributed by atoms with E-state index in [2.05, 4.69) is 15.3 Å². The van der Waals surface area contributed by atoms with Crippen LogP contribution in [0.25, 0.3) is 22.5 Å². The third-order valence-electron chi connectivity index (χ3n) is 7.70. The monoisotopic (exact) mass is 591 g/mol. The lowest BCUT2D eigenvalue weighted by Gasteiger charge is -2.20. The summed E-state index contributed by atoms with van der Waals surface area (Å²) in [5, 5.41) is 19.1. The van der Waals surface area contributed by atoms with Crippen LogP contribution in [0, 0.1) is 19.7 Å². The van der Waals surface area contributed by atoms with E-state index in [-0.39, 0.29) is 15.9 Å². The molecule has 2 aromatic heterocycles. The van der Waals surface area contributed by atoms with E-state index >= 15 is 4.39 Å². The number of aliphatic hydroxyl groups excluding tert-OH is 1. The molecule has 0 aliphatic heterocycles. The molecule has 1 aliphatic carbocycles. The molecule has 41 heavy (non-hydrogen) atoms. The van der Waals surface area contributed by atoms with Crippen molar-refractivity contribution in [3.8, 4) is 22.5 Å². The zero-order valence-electron chi connectivity index (χ0n) is 22.6. The maximum atomic E-state index is 15.1. The summed E-state index contributed by atoms with van der Waals surface area (Å²) in [6.45, 7) is 3.09. The Labute approximate surface area is 242 Å². The van der Waals surface area contributed by atoms with Crippen LogP contribution >= 0.6 is 11.6 Å². The SMILES string of the molecule is Cc1cn(-c2ccc(-c3cc(F)c(CO)c(S(C)(=O)=O)c3)cc2-n2nncc2C2(c3ccc(Cl)cc3)CC2)c(C)n1. The second-order valence-corrected chi connectivity index (χ2v) is 12.9. The van der Waals surface area contributed by atoms with E-state index in [1.54, 1.807) is 16.9 Å². The number of hydrogen-bond donors (Lipinski definition) is 1. The molecule has 1 fully saturated rings. The summed E-state index contributed by atoms with van der Waals surface area (Å²) in [7, 11) is -3.81. The Morgan fingerprint density at radius 1 is 1.02 bits per heavy atom. The van der Waals surface area contributed by atoms with Crippen molar-refractivity contribution in [2.75, 3.05) is 6.26 Å². The van der Waals surface area contributed by atoms with Gasteiger partial charge < -0.3 is 9.67 Å². The first-order valence-electron chi connectivity index (χ1n) is 13.0. The molecule has 0 atom stereocenters. The number of halogens is 2. The molecule has 1 N–H and O–H groups in total. The van der Waals surface area contributed by atoms with E-state index in [1.165, 1.54) is 12.1 Å². The van der Waals surface area contributed by atoms with Crippen molar-refractivity contribution in [3.63, 3.8) is 0 Å². The third kappa shape index (κ3) is 4.75. The molecule has 210 valence electrons. The van der Waals surface area contributed by atoms with Gasteiger partial charge in [-0.2, -0.15) is 0 Å². The highest BCUT2D eigenvalue weighted by atomic mass is 35.5. The fraction of sp³-hybridized carbons (Fsp3) is 0.233. The molecular weight excluding hydrogens is 565 g/mol. The minimum Gasteiger partial charge on any atom is -0.392 e. The molecule has 1 aliphatic rings. The molecule has 0 radical (unpaired) electrons. The molecule has 1 saturated carbocycles. The number of aliphatic hydroxyl groups is 1. The number of rotatable bonds is 7. The van der Waals surface area contributed by atoms with Crippen LogP contribution in [0.1, 0.15) is 41.2 Å². The highest BCUT2D eigenvalue weighted by Gasteiger charge is 2.49. The fourth-order valence-corrected chi connectivity index (χ4v) is 6.60. The van der Waals surface area contributed by atoms with Crippen molar-refractivity contribution in [3.05, 3.63) is 106 Å². The van der Waals surface area contributed by atoms with Crippen molar-refractivity contribution in [2.24, 2.45) is 0 Å². The van der Waals surface area contributed by atoms with Crippen LogP contribution in [0.15, 0.2) is 71.9 Å². The average molecular weight is 592 g/mol. The zero-order chi connectivity index (χ0) is 29.1. The van der Waals surface area contributed by atoms with Gasteiger partial charge in [0.15, 0.2) is 9.84 Å². The summed E-state index contributed by atoms with van der Waals surface area (Å²) < 4.78 is 43.8. The second kappa shape index (κ2) is 9.90. The first kappa shape index (κ1) is 27.3. The number of imidazole rings is 1. The van der Waals surface area contributed by atoms with Gasteiger partial charge in [0, 0.05) is 28.5 Å². The Hall–Kier alpha value is -3.86. The van der Waals surface area contributed by atoms with E-state index in [0.717, 1.165) is 47.6 Å². The minimum absolute atomic E-state index is 0.247. The first-order valence-corrected chi connectivity index (χ1v) is 15.3. The van der Waals surface area contributed by atoms with Gasteiger partial charge in [0.25, 0.3) is 0 Å². The molecule has 0 amide bonds. The van der Waals surface area contributed by atoms with Gasteiger partial charge in [0.05, 0.1) is 40.5 Å². The summed E-state index contributed by atoms with van der Waals surface area (Å²) in [6, 6.07) is 16.0. The molecule has 0 spiro atoms. The largest absolute Gasteiger partial charge is 0.392 e. The van der Waals surface area contributed by atoms with Crippen molar-refractivity contribution in [1.82, 2.24) is 24.5 Å². The molecule has 0 saturated heterocycles. The van der Waals surface area contributed by atoms with E-state index in [1.807, 2.05) is 61.0 Å². The van der Waals surface area contributed by atoms with Crippen molar-refractivity contribution < 1.29 is 17.9 Å². The lowest BCUT2D eigenvalue weighted by atomic mass is 9.92. The predicted octanol–water partition coefficient (Wildman–Crippen LogP) is 5.51. The maximum Gasteiger partial charge on any atom is 0.176 e. The van der Waals surface area contributed by atoms with Gasteiger partial charge in [-0.15, -0.1) is 5.10 Å². The maximum absolute atomic E-state index is 15.1. The third-order valence-corrected chi connectivity index (χ3v) is 9.11. The smallest absolute Gasteiger partial charge is 0.176 e. The van der Waals surface area contributed by atoms with E-state index in [0.29, 0.717) is 21.8 Å². The van der Waals surface area contributed by atoms with Gasteiger partial charge in [-0.1, -0.05) is 35.0 Å². The lowest BCUT2D eigenvalue weighted by Crippen LogP contribution is -2.17. The summed E-state index contributed by atoms with van der Waals surface area (Å²) in [6.07, 6.45) is 6.50. The summed E-state index contributed by atoms with van der Waals surface area (Å²) in [4.78, 5) is 4.32. The van der Waals surface area contributed by atoms with Gasteiger partial charge in [-0.05, 0) is 79.8 Å². The zero-order valence-corrected chi connectivity index (χ0v) is 24.2. The van der Waals surface area contributed by atoms with Crippen LogP contribution in [-0.4, -0.2) is 44.3 Å². The van der Waals surface area contributed by atoms with Gasteiger partial charge in [-0.25, -0.2) is 22.5 Å². The quantitative estimate of drug-likeness (QED) is 0.268. The molecular formula is C30H27ClFN5O3S. The van der Waals surface area contributed by atoms with Crippen molar-refractivity contribution in [1.29, 1.82) is 0 Å². The van der Waals surface area contributed by atoms with Crippen LogP contribution in [0.4, 0.5) is 4.39 Å². The summed E-state index contributed by atoms with van der Waals surface area (Å²) in [5.74, 6) is -0.0204. The van der Waals surface area contributed by atoms with Gasteiger partial charge in [0.2, 0.25) is 0 Å². The number of benzene rings is 3. The summed E-state index contributed by atoms with van der Waals surface area (Å²) in [5.41, 5.74) is 4.68. The Morgan fingerprint density at radius 3 is 2.37 bits per heavy atom. The molecule has 0 bridgehead atoms. The van der Waals surface area contributed by atoms with Gasteiger partial charge in [-0.3, -0.25) is 0 Å². The van der Waals surface area contributed by atoms with Crippen LogP contribution in [0.3, 0.4) is 0 Å². The predicted molar refractivity (Wildman–Crippen MR) is 154 cm³/mol. The first-order chi connectivity index (χ1) is 19.5. The van der Waals surface area contributed by atoms with E-state index in [4.69, 9.17) is 11.6 Å². The number of sulfone groups is 1. The lowest BCUT2D eigenvalue weighted by molar-refractivity contribution is 0.272. The topological polar surface area (TPSA) is 103 Å². The number of nitrogens with zero attached hydrogens (tertiary/aromatic N) is 5. The van der Waals surface area contributed by atoms with Crippen LogP contribution < -0.4 is 0 Å². The van der Waals surface area contributed by atoms with Crippen molar-refractivity contribution in [2.45, 2.75) is 43.6 Å². The molecule has 2 heterocycles. The molecule has 5 aromatic rings. The fourth-order valence-electron chi connectivity index (χ4n) is 5.53. The molecule has 0 unspecified atom stereocenters. The van der Waals surface area contributed by atoms with E-state index < -0.39 is 22.3 Å². The van der Waals surface area contributed by atoms with E-state index in [9.17, 15) is 13.5 Å². The average Bonchev–Trinajstić information content (AvgIpc) is 3.44. The standard InChI is InChI=1S/C30H27ClFN5O3S/c1-18-16-36(19(2)34-18)26-9-4-20(21-12-25(32)24(17-38)28(14-21)41(3,39)40)13-27(26)37-29(15-33-35-37)30(10-11-30)22-5-7-23(31)8-6-22/h4-9,12-16,38H,10-11,17H2,1-3H3. The molecule has 3 aromatic carbocycles. The minimum atomic E-state index is -3.81. The molecule has 6 rings (SSSR count). The molecule has 11 heteroatoms. The Balaban J connectivity index is 1.58. The summed E-state index contributed by atoms with van der Waals surface area (Å²) >= 11 is 6.17. The Kier molecular flexibility index (Phi) is 6.60.